The molecule has 2 fully saturated rings. The number of nitrogens with one attached hydrogen (secondary N) is 1. The molecule has 1 saturated heterocycles. The molecule has 0 radical (unpaired) electrons. The zero-order chi connectivity index (χ0) is 18.5. The minimum Gasteiger partial charge on any atom is -0.340 e. The van der Waals surface area contributed by atoms with Crippen molar-refractivity contribution in [3.63, 3.8) is 0 Å². The SMILES string of the molecule is CC(=O)c1cccc(NC(=N[C@H]2CCCC[C@@H]2N)N2CCCCC2C)c1. The van der Waals surface area contributed by atoms with Gasteiger partial charge in [0.05, 0.1) is 6.04 Å². The fourth-order valence-electron chi connectivity index (χ4n) is 3.99. The van der Waals surface area contributed by atoms with E-state index >= 15 is 0 Å². The number of benzene rings is 1. The van der Waals surface area contributed by atoms with Crippen LogP contribution in [0.25, 0.3) is 0 Å². The number of piperidine rings is 1. The van der Waals surface area contributed by atoms with Crippen molar-refractivity contribution < 1.29 is 4.79 Å². The van der Waals surface area contributed by atoms with Crippen LogP contribution in [0.3, 0.4) is 0 Å². The maximum atomic E-state index is 11.7. The average molecular weight is 357 g/mol. The summed E-state index contributed by atoms with van der Waals surface area (Å²) in [5.74, 6) is 0.994. The minimum absolute atomic E-state index is 0.0767. The molecule has 0 bridgehead atoms. The Morgan fingerprint density at radius 2 is 1.96 bits per heavy atom. The molecule has 1 aromatic carbocycles. The number of nitrogens with two attached hydrogens (primary N) is 1. The summed E-state index contributed by atoms with van der Waals surface area (Å²) in [6.07, 6.45) is 8.16. The van der Waals surface area contributed by atoms with Crippen molar-refractivity contribution in [2.75, 3.05) is 11.9 Å². The van der Waals surface area contributed by atoms with Crippen LogP contribution in [0.2, 0.25) is 0 Å². The Hall–Kier alpha value is -1.88. The van der Waals surface area contributed by atoms with Crippen molar-refractivity contribution in [1.29, 1.82) is 0 Å². The number of anilines is 1. The number of rotatable bonds is 3. The van der Waals surface area contributed by atoms with Crippen molar-refractivity contribution in [3.05, 3.63) is 29.8 Å². The Bertz CT molecular complexity index is 657. The number of ketones is 1. The van der Waals surface area contributed by atoms with Gasteiger partial charge in [0.15, 0.2) is 11.7 Å². The maximum absolute atomic E-state index is 11.7. The predicted molar refractivity (Wildman–Crippen MR) is 108 cm³/mol. The number of guanidine groups is 1. The molecule has 142 valence electrons. The van der Waals surface area contributed by atoms with E-state index in [0.29, 0.717) is 6.04 Å². The van der Waals surface area contributed by atoms with Crippen LogP contribution < -0.4 is 11.1 Å². The van der Waals surface area contributed by atoms with Crippen LogP contribution in [0.1, 0.15) is 69.2 Å². The third-order valence-corrected chi connectivity index (χ3v) is 5.67. The standard InChI is InChI=1S/C21H32N4O/c1-15-8-5-6-13-25(15)21(24-20-12-4-3-11-19(20)22)23-18-10-7-9-17(14-18)16(2)26/h7,9-10,14-15,19-20H,3-6,8,11-13,22H2,1-2H3,(H,23,24)/t15?,19-,20-/m0/s1. The van der Waals surface area contributed by atoms with Gasteiger partial charge in [0.2, 0.25) is 0 Å². The van der Waals surface area contributed by atoms with Gasteiger partial charge in [-0.2, -0.15) is 0 Å². The fourth-order valence-corrected chi connectivity index (χ4v) is 3.99. The van der Waals surface area contributed by atoms with E-state index in [0.717, 1.165) is 36.6 Å². The third-order valence-electron chi connectivity index (χ3n) is 5.67. The lowest BCUT2D eigenvalue weighted by Gasteiger charge is -2.37. The molecular weight excluding hydrogens is 324 g/mol. The van der Waals surface area contributed by atoms with Crippen LogP contribution in [0, 0.1) is 0 Å². The highest BCUT2D eigenvalue weighted by molar-refractivity contribution is 5.98. The number of carbonyl (C=O) groups is 1. The number of likely N-dealkylation sites (tertiary alicyclic amines) is 1. The highest BCUT2D eigenvalue weighted by Crippen LogP contribution is 2.23. The number of hydrogen-bond donors (Lipinski definition) is 2. The first-order valence-electron chi connectivity index (χ1n) is 10.0. The van der Waals surface area contributed by atoms with Crippen molar-refractivity contribution in [2.45, 2.75) is 76.9 Å². The molecule has 3 N–H and O–H groups in total. The molecule has 26 heavy (non-hydrogen) atoms. The lowest BCUT2D eigenvalue weighted by molar-refractivity contribution is 0.101. The number of carbonyl (C=O) groups excluding carboxylic acids is 1. The zero-order valence-corrected chi connectivity index (χ0v) is 16.1. The molecule has 0 spiro atoms. The first-order chi connectivity index (χ1) is 12.5. The van der Waals surface area contributed by atoms with Gasteiger partial charge in [0.1, 0.15) is 0 Å². The van der Waals surface area contributed by atoms with Crippen molar-refractivity contribution in [1.82, 2.24) is 4.90 Å². The van der Waals surface area contributed by atoms with E-state index in [1.54, 1.807) is 6.92 Å². The lowest BCUT2D eigenvalue weighted by Crippen LogP contribution is -2.47. The summed E-state index contributed by atoms with van der Waals surface area (Å²) < 4.78 is 0. The van der Waals surface area contributed by atoms with E-state index in [4.69, 9.17) is 10.7 Å². The molecule has 1 aliphatic carbocycles. The minimum atomic E-state index is 0.0767. The molecule has 3 atom stereocenters. The zero-order valence-electron chi connectivity index (χ0n) is 16.1. The fraction of sp³-hybridized carbons (Fsp3) is 0.619. The van der Waals surface area contributed by atoms with Gasteiger partial charge in [-0.3, -0.25) is 4.79 Å². The van der Waals surface area contributed by atoms with Gasteiger partial charge in [-0.05, 0) is 58.1 Å². The van der Waals surface area contributed by atoms with Crippen molar-refractivity contribution in [2.24, 2.45) is 10.7 Å². The first-order valence-corrected chi connectivity index (χ1v) is 10.0. The molecule has 1 aliphatic heterocycles. The van der Waals surface area contributed by atoms with E-state index in [1.165, 1.54) is 32.1 Å². The highest BCUT2D eigenvalue weighted by Gasteiger charge is 2.26. The van der Waals surface area contributed by atoms with E-state index in [1.807, 2.05) is 24.3 Å². The van der Waals surface area contributed by atoms with E-state index < -0.39 is 0 Å². The second-order valence-corrected chi connectivity index (χ2v) is 7.77. The summed E-state index contributed by atoms with van der Waals surface area (Å²) in [4.78, 5) is 19.2. The largest absolute Gasteiger partial charge is 0.340 e. The Kier molecular flexibility index (Phi) is 6.30. The highest BCUT2D eigenvalue weighted by atomic mass is 16.1. The van der Waals surface area contributed by atoms with Crippen LogP contribution in [-0.2, 0) is 0 Å². The van der Waals surface area contributed by atoms with Crippen molar-refractivity contribution in [3.8, 4) is 0 Å². The maximum Gasteiger partial charge on any atom is 0.199 e. The molecule has 2 aliphatic rings. The van der Waals surface area contributed by atoms with Gasteiger partial charge >= 0.3 is 0 Å². The molecule has 1 heterocycles. The van der Waals surface area contributed by atoms with Gasteiger partial charge in [-0.25, -0.2) is 4.99 Å². The van der Waals surface area contributed by atoms with Gasteiger partial charge in [0.25, 0.3) is 0 Å². The molecule has 1 aromatic rings. The summed E-state index contributed by atoms with van der Waals surface area (Å²) in [5.41, 5.74) is 7.98. The molecule has 0 aromatic heterocycles. The number of aliphatic imine (C=N–C) groups is 1. The second-order valence-electron chi connectivity index (χ2n) is 7.77. The van der Waals surface area contributed by atoms with Crippen LogP contribution in [-0.4, -0.2) is 41.3 Å². The van der Waals surface area contributed by atoms with E-state index in [-0.39, 0.29) is 17.9 Å². The first kappa shape index (κ1) is 18.9. The molecule has 0 amide bonds. The molecule has 1 unspecified atom stereocenters. The Morgan fingerprint density at radius 1 is 1.19 bits per heavy atom. The van der Waals surface area contributed by atoms with Gasteiger partial charge in [-0.1, -0.05) is 25.0 Å². The number of nitrogens with zero attached hydrogens (tertiary/aromatic N) is 2. The number of hydrogen-bond acceptors (Lipinski definition) is 3. The van der Waals surface area contributed by atoms with E-state index in [2.05, 4.69) is 17.1 Å². The topological polar surface area (TPSA) is 70.7 Å². The smallest absolute Gasteiger partial charge is 0.199 e. The quantitative estimate of drug-likeness (QED) is 0.491. The van der Waals surface area contributed by atoms with Crippen LogP contribution in [0.4, 0.5) is 5.69 Å². The summed E-state index contributed by atoms with van der Waals surface area (Å²) in [6.45, 7) is 4.88. The molecule has 5 heteroatoms. The summed E-state index contributed by atoms with van der Waals surface area (Å²) in [5, 5.41) is 3.51. The third kappa shape index (κ3) is 4.64. The molecule has 5 nitrogen and oxygen atoms in total. The summed E-state index contributed by atoms with van der Waals surface area (Å²) >= 11 is 0. The van der Waals surface area contributed by atoms with Crippen LogP contribution >= 0.6 is 0 Å². The van der Waals surface area contributed by atoms with E-state index in [9.17, 15) is 4.79 Å². The second kappa shape index (κ2) is 8.67. The van der Waals surface area contributed by atoms with Crippen LogP contribution in [0.15, 0.2) is 29.3 Å². The van der Waals surface area contributed by atoms with Gasteiger partial charge in [0, 0.05) is 29.9 Å². The Balaban J connectivity index is 1.87. The molecular formula is C21H32N4O. The Morgan fingerprint density at radius 3 is 2.69 bits per heavy atom. The summed E-state index contributed by atoms with van der Waals surface area (Å²) in [6, 6.07) is 8.46. The number of Topliss-reactive ketones (excluding diaryl/α,β-unsaturated/α-hetero) is 1. The monoisotopic (exact) mass is 356 g/mol. The normalized spacial score (nSPS) is 27.3. The molecule has 3 rings (SSSR count). The van der Waals surface area contributed by atoms with Crippen LogP contribution in [0.5, 0.6) is 0 Å². The predicted octanol–water partition coefficient (Wildman–Crippen LogP) is 3.80. The molecule has 1 saturated carbocycles. The van der Waals surface area contributed by atoms with Gasteiger partial charge in [-0.15, -0.1) is 0 Å². The van der Waals surface area contributed by atoms with Crippen molar-refractivity contribution >= 4 is 17.4 Å². The average Bonchev–Trinajstić information content (AvgIpc) is 2.63. The summed E-state index contributed by atoms with van der Waals surface area (Å²) in [7, 11) is 0. The lowest BCUT2D eigenvalue weighted by atomic mass is 9.91. The van der Waals surface area contributed by atoms with Gasteiger partial charge < -0.3 is 16.0 Å². The Labute approximate surface area is 157 Å².